The molecule has 1 aromatic heterocycles. The molecule has 0 spiro atoms. The molecule has 0 bridgehead atoms. The first kappa shape index (κ1) is 16.6. The minimum absolute atomic E-state index is 0.0258. The Morgan fingerprint density at radius 2 is 2.00 bits per heavy atom. The molecule has 0 saturated carbocycles. The van der Waals surface area contributed by atoms with Crippen LogP contribution in [0.1, 0.15) is 36.5 Å². The summed E-state index contributed by atoms with van der Waals surface area (Å²) in [6.45, 7) is 1.75. The fourth-order valence-corrected chi connectivity index (χ4v) is 2.20. The van der Waals surface area contributed by atoms with Crippen molar-refractivity contribution in [2.24, 2.45) is 5.73 Å². The topological polar surface area (TPSA) is 102 Å². The van der Waals surface area contributed by atoms with Crippen molar-refractivity contribution in [3.05, 3.63) is 42.1 Å². The molecule has 2 rings (SSSR count). The van der Waals surface area contributed by atoms with Crippen LogP contribution in [0, 0.1) is 0 Å². The predicted octanol–water partition coefficient (Wildman–Crippen LogP) is 1.58. The van der Waals surface area contributed by atoms with Crippen LogP contribution in [0.25, 0.3) is 10.9 Å². The summed E-state index contributed by atoms with van der Waals surface area (Å²) in [6, 6.07) is 8.25. The van der Waals surface area contributed by atoms with Gasteiger partial charge in [0.2, 0.25) is 5.91 Å². The third kappa shape index (κ3) is 4.35. The van der Waals surface area contributed by atoms with Crippen LogP contribution in [0.15, 0.2) is 36.5 Å². The molecule has 1 atom stereocenters. The van der Waals surface area contributed by atoms with E-state index in [1.54, 1.807) is 13.0 Å². The zero-order valence-corrected chi connectivity index (χ0v) is 12.9. The number of nitrogens with one attached hydrogen (secondary N) is 1. The molecule has 0 unspecified atom stereocenters. The SMILES string of the molecule is CCC(=O)CC[C@@H](NC(=O)c1cnc2ccccc2c1)C(N)=O. The van der Waals surface area contributed by atoms with Gasteiger partial charge in [0.25, 0.3) is 5.91 Å². The maximum absolute atomic E-state index is 12.3. The normalized spacial score (nSPS) is 11.9. The molecule has 0 radical (unpaired) electrons. The van der Waals surface area contributed by atoms with E-state index in [1.807, 2.05) is 24.3 Å². The van der Waals surface area contributed by atoms with Crippen molar-refractivity contribution in [1.29, 1.82) is 0 Å². The van der Waals surface area contributed by atoms with Crippen LogP contribution in [0.5, 0.6) is 0 Å². The van der Waals surface area contributed by atoms with Gasteiger partial charge in [-0.2, -0.15) is 0 Å². The molecule has 6 nitrogen and oxygen atoms in total. The standard InChI is InChI=1S/C17H19N3O3/c1-2-13(21)7-8-15(16(18)22)20-17(23)12-9-11-5-3-4-6-14(11)19-10-12/h3-6,9-10,15H,2,7-8H2,1H3,(H2,18,22)(H,20,23)/t15-/m1/s1. The monoisotopic (exact) mass is 313 g/mol. The third-order valence-corrected chi connectivity index (χ3v) is 3.61. The molecule has 0 fully saturated rings. The van der Waals surface area contributed by atoms with Crippen molar-refractivity contribution in [2.75, 3.05) is 0 Å². The number of rotatable bonds is 7. The molecule has 1 aromatic carbocycles. The predicted molar refractivity (Wildman–Crippen MR) is 86.7 cm³/mol. The van der Waals surface area contributed by atoms with Gasteiger partial charge in [-0.25, -0.2) is 0 Å². The van der Waals surface area contributed by atoms with Crippen molar-refractivity contribution >= 4 is 28.5 Å². The Kier molecular flexibility index (Phi) is 5.41. The number of hydrogen-bond donors (Lipinski definition) is 2. The van der Waals surface area contributed by atoms with Gasteiger partial charge in [-0.15, -0.1) is 0 Å². The number of aromatic nitrogens is 1. The molecule has 120 valence electrons. The fourth-order valence-electron chi connectivity index (χ4n) is 2.20. The molecule has 0 aliphatic rings. The van der Waals surface area contributed by atoms with Crippen molar-refractivity contribution in [3.63, 3.8) is 0 Å². The summed E-state index contributed by atoms with van der Waals surface area (Å²) in [5.74, 6) is -1.06. The second-order valence-corrected chi connectivity index (χ2v) is 5.28. The van der Waals surface area contributed by atoms with Crippen LogP contribution in [-0.4, -0.2) is 28.6 Å². The summed E-state index contributed by atoms with van der Waals surface area (Å²) in [5, 5.41) is 3.40. The van der Waals surface area contributed by atoms with E-state index in [0.717, 1.165) is 10.9 Å². The van der Waals surface area contributed by atoms with E-state index in [1.165, 1.54) is 6.20 Å². The quantitative estimate of drug-likeness (QED) is 0.810. The van der Waals surface area contributed by atoms with Gasteiger partial charge in [0.1, 0.15) is 11.8 Å². The summed E-state index contributed by atoms with van der Waals surface area (Å²) < 4.78 is 0. The molecular formula is C17H19N3O3. The number of carbonyl (C=O) groups is 3. The van der Waals surface area contributed by atoms with Gasteiger partial charge < -0.3 is 11.1 Å². The van der Waals surface area contributed by atoms with Gasteiger partial charge >= 0.3 is 0 Å². The van der Waals surface area contributed by atoms with Gasteiger partial charge in [0, 0.05) is 24.4 Å². The molecule has 23 heavy (non-hydrogen) atoms. The number of primary amides is 1. The highest BCUT2D eigenvalue weighted by Crippen LogP contribution is 2.13. The highest BCUT2D eigenvalue weighted by molar-refractivity contribution is 5.99. The van der Waals surface area contributed by atoms with Crippen molar-refractivity contribution < 1.29 is 14.4 Å². The van der Waals surface area contributed by atoms with Gasteiger partial charge in [0.05, 0.1) is 11.1 Å². The van der Waals surface area contributed by atoms with Crippen molar-refractivity contribution in [2.45, 2.75) is 32.2 Å². The molecule has 6 heteroatoms. The lowest BCUT2D eigenvalue weighted by Crippen LogP contribution is -2.44. The van der Waals surface area contributed by atoms with Crippen LogP contribution in [0.3, 0.4) is 0 Å². The average Bonchev–Trinajstić information content (AvgIpc) is 2.57. The van der Waals surface area contributed by atoms with Gasteiger partial charge in [-0.05, 0) is 18.6 Å². The zero-order chi connectivity index (χ0) is 16.8. The lowest BCUT2D eigenvalue weighted by molar-refractivity contribution is -0.121. The summed E-state index contributed by atoms with van der Waals surface area (Å²) >= 11 is 0. The number of nitrogens with zero attached hydrogens (tertiary/aromatic N) is 1. The molecule has 2 aromatic rings. The van der Waals surface area contributed by atoms with E-state index in [9.17, 15) is 14.4 Å². The Balaban J connectivity index is 2.10. The molecule has 0 aliphatic carbocycles. The number of amides is 2. The number of benzene rings is 1. The van der Waals surface area contributed by atoms with Gasteiger partial charge in [-0.1, -0.05) is 25.1 Å². The summed E-state index contributed by atoms with van der Waals surface area (Å²) in [5.41, 5.74) is 6.43. The van der Waals surface area contributed by atoms with E-state index in [-0.39, 0.29) is 18.6 Å². The minimum atomic E-state index is -0.871. The van der Waals surface area contributed by atoms with Crippen LogP contribution in [0.2, 0.25) is 0 Å². The van der Waals surface area contributed by atoms with Crippen molar-refractivity contribution in [3.8, 4) is 0 Å². The first-order valence-corrected chi connectivity index (χ1v) is 7.48. The van der Waals surface area contributed by atoms with Gasteiger partial charge in [-0.3, -0.25) is 19.4 Å². The molecule has 1 heterocycles. The number of carbonyl (C=O) groups excluding carboxylic acids is 3. The maximum Gasteiger partial charge on any atom is 0.253 e. The van der Waals surface area contributed by atoms with Crippen LogP contribution in [0.4, 0.5) is 0 Å². The molecular weight excluding hydrogens is 294 g/mol. The highest BCUT2D eigenvalue weighted by Gasteiger charge is 2.20. The van der Waals surface area contributed by atoms with Crippen LogP contribution < -0.4 is 11.1 Å². The van der Waals surface area contributed by atoms with Crippen LogP contribution >= 0.6 is 0 Å². The summed E-state index contributed by atoms with van der Waals surface area (Å²) in [6.07, 6.45) is 2.26. The van der Waals surface area contributed by atoms with E-state index in [0.29, 0.717) is 12.0 Å². The van der Waals surface area contributed by atoms with E-state index >= 15 is 0 Å². The largest absolute Gasteiger partial charge is 0.368 e. The minimum Gasteiger partial charge on any atom is -0.368 e. The number of fused-ring (bicyclic) bond motifs is 1. The van der Waals surface area contributed by atoms with E-state index in [2.05, 4.69) is 10.3 Å². The zero-order valence-electron chi connectivity index (χ0n) is 12.9. The Morgan fingerprint density at radius 3 is 2.70 bits per heavy atom. The molecule has 3 N–H and O–H groups in total. The lowest BCUT2D eigenvalue weighted by Gasteiger charge is -2.15. The maximum atomic E-state index is 12.3. The average molecular weight is 313 g/mol. The van der Waals surface area contributed by atoms with Crippen molar-refractivity contribution in [1.82, 2.24) is 10.3 Å². The Bertz CT molecular complexity index is 743. The summed E-state index contributed by atoms with van der Waals surface area (Å²) in [4.78, 5) is 39.3. The second-order valence-electron chi connectivity index (χ2n) is 5.28. The van der Waals surface area contributed by atoms with E-state index < -0.39 is 17.9 Å². The number of hydrogen-bond acceptors (Lipinski definition) is 4. The number of para-hydroxylation sites is 1. The van der Waals surface area contributed by atoms with E-state index in [4.69, 9.17) is 5.73 Å². The molecule has 0 aliphatic heterocycles. The lowest BCUT2D eigenvalue weighted by atomic mass is 10.1. The number of pyridine rings is 1. The molecule has 2 amide bonds. The van der Waals surface area contributed by atoms with Crippen LogP contribution in [-0.2, 0) is 9.59 Å². The number of Topliss-reactive ketones (excluding diaryl/α,β-unsaturated/α-hetero) is 1. The second kappa shape index (κ2) is 7.49. The number of nitrogens with two attached hydrogens (primary N) is 1. The smallest absolute Gasteiger partial charge is 0.253 e. The third-order valence-electron chi connectivity index (χ3n) is 3.61. The Hall–Kier alpha value is -2.76. The Morgan fingerprint density at radius 1 is 1.26 bits per heavy atom. The highest BCUT2D eigenvalue weighted by atomic mass is 16.2. The number of ketones is 1. The Labute approximate surface area is 134 Å². The first-order chi connectivity index (χ1) is 11.0. The summed E-state index contributed by atoms with van der Waals surface area (Å²) in [7, 11) is 0. The fraction of sp³-hybridized carbons (Fsp3) is 0.294. The first-order valence-electron chi connectivity index (χ1n) is 7.48. The van der Waals surface area contributed by atoms with Gasteiger partial charge in [0.15, 0.2) is 0 Å². The molecule has 0 saturated heterocycles.